The molecule has 0 heterocycles. The van der Waals surface area contributed by atoms with Crippen LogP contribution in [0.2, 0.25) is 0 Å². The number of halogens is 3. The van der Waals surface area contributed by atoms with Crippen molar-refractivity contribution in [3.8, 4) is 0 Å². The minimum absolute atomic E-state index is 0. The van der Waals surface area contributed by atoms with E-state index in [1.165, 1.54) is 20.8 Å². The standard InChI is InChI=1S/C12H24F3N2O4P.Na/c1-5-6-7-8-16-22(19,20)9(12(13,14)15)17-10(18)21-11(2,3)4;/h9H,5-8H2,1-4H3,(H,17,18)(H2,16,19,20);/q;+1/p-1. The smallest absolute Gasteiger partial charge is 0.640 e. The quantitative estimate of drug-likeness (QED) is 0.183. The zero-order valence-electron chi connectivity index (χ0n) is 14.1. The van der Waals surface area contributed by atoms with Gasteiger partial charge in [0.15, 0.2) is 6.08 Å². The molecule has 2 unspecified atom stereocenters. The Morgan fingerprint density at radius 1 is 1.30 bits per heavy atom. The molecule has 0 amide bonds. The van der Waals surface area contributed by atoms with Crippen molar-refractivity contribution in [1.29, 1.82) is 0 Å². The van der Waals surface area contributed by atoms with Crippen LogP contribution in [0.25, 0.3) is 0 Å². The van der Waals surface area contributed by atoms with Crippen LogP contribution in [0, 0.1) is 0 Å². The largest absolute Gasteiger partial charge is 1.00 e. The third-order valence-electron chi connectivity index (χ3n) is 2.36. The van der Waals surface area contributed by atoms with Gasteiger partial charge in [-0.1, -0.05) is 40.5 Å². The van der Waals surface area contributed by atoms with Crippen LogP contribution >= 0.6 is 7.87 Å². The summed E-state index contributed by atoms with van der Waals surface area (Å²) in [6.07, 6.45) is -4.72. The molecule has 6 nitrogen and oxygen atoms in total. The first kappa shape index (κ1) is 25.6. The zero-order chi connectivity index (χ0) is 17.6. The van der Waals surface area contributed by atoms with E-state index in [1.54, 1.807) is 0 Å². The molecule has 11 heteroatoms. The zero-order valence-corrected chi connectivity index (χ0v) is 17.0. The van der Waals surface area contributed by atoms with Gasteiger partial charge in [-0.15, -0.1) is 0 Å². The fraction of sp³-hybridized carbons (Fsp3) is 0.917. The Bertz CT molecular complexity index is 376. The van der Waals surface area contributed by atoms with Crippen molar-refractivity contribution in [3.63, 3.8) is 0 Å². The van der Waals surface area contributed by atoms with Gasteiger partial charge in [-0.3, -0.25) is 0 Å². The summed E-state index contributed by atoms with van der Waals surface area (Å²) in [6.45, 7) is 6.16. The Morgan fingerprint density at radius 2 is 1.83 bits per heavy atom. The van der Waals surface area contributed by atoms with Gasteiger partial charge in [-0.25, -0.2) is 9.89 Å². The van der Waals surface area contributed by atoms with E-state index in [1.807, 2.05) is 12.0 Å². The Hall–Kier alpha value is 0.370. The fourth-order valence-electron chi connectivity index (χ4n) is 1.44. The summed E-state index contributed by atoms with van der Waals surface area (Å²) in [7, 11) is -4.93. The summed E-state index contributed by atoms with van der Waals surface area (Å²) in [4.78, 5) is 24.2. The summed E-state index contributed by atoms with van der Waals surface area (Å²) in [5, 5.41) is 13.3. The van der Waals surface area contributed by atoms with E-state index in [0.717, 1.165) is 6.42 Å². The molecule has 0 radical (unpaired) electrons. The number of alkyl halides is 3. The number of nitrogens with one attached hydrogen (secondary N) is 1. The van der Waals surface area contributed by atoms with E-state index in [2.05, 4.69) is 9.73 Å². The first-order valence-electron chi connectivity index (χ1n) is 6.87. The summed E-state index contributed by atoms with van der Waals surface area (Å²) >= 11 is 0. The molecular formula is C12H23F3N2NaO4P. The molecule has 0 spiro atoms. The maximum Gasteiger partial charge on any atom is 1.00 e. The van der Waals surface area contributed by atoms with Crippen LogP contribution in [0.15, 0.2) is 4.99 Å². The number of unbranched alkanes of at least 4 members (excludes halogenated alkanes) is 2. The molecule has 0 bridgehead atoms. The second-order valence-corrected chi connectivity index (χ2v) is 7.81. The van der Waals surface area contributed by atoms with Gasteiger partial charge >= 0.3 is 35.7 Å². The van der Waals surface area contributed by atoms with Gasteiger partial charge in [0.1, 0.15) is 0 Å². The van der Waals surface area contributed by atoms with Gasteiger partial charge in [0.2, 0.25) is 7.87 Å². The average Bonchev–Trinajstić information content (AvgIpc) is 2.28. The van der Waals surface area contributed by atoms with Crippen LogP contribution in [0.5, 0.6) is 0 Å². The molecule has 0 aliphatic rings. The van der Waals surface area contributed by atoms with E-state index in [0.29, 0.717) is 12.8 Å². The van der Waals surface area contributed by atoms with Crippen LogP contribution in [0.4, 0.5) is 13.2 Å². The third kappa shape index (κ3) is 11.5. The molecule has 0 saturated heterocycles. The molecule has 0 aliphatic heterocycles. The number of hydrogen-bond donors (Lipinski definition) is 2. The molecule has 0 aliphatic carbocycles. The Balaban J connectivity index is 0. The number of rotatable bonds is 7. The van der Waals surface area contributed by atoms with Gasteiger partial charge in [0.25, 0.3) is 5.78 Å². The van der Waals surface area contributed by atoms with Crippen molar-refractivity contribution >= 4 is 14.0 Å². The predicted octanol–water partition coefficient (Wildman–Crippen LogP) is -1.69. The van der Waals surface area contributed by atoms with E-state index >= 15 is 0 Å². The van der Waals surface area contributed by atoms with Crippen LogP contribution in [-0.4, -0.2) is 35.1 Å². The normalized spacial score (nSPS) is 17.2. The van der Waals surface area contributed by atoms with Crippen molar-refractivity contribution in [2.24, 2.45) is 4.99 Å². The topological polar surface area (TPSA) is 100.0 Å². The molecule has 132 valence electrons. The summed E-state index contributed by atoms with van der Waals surface area (Å²) in [5.74, 6) is -3.04. The Morgan fingerprint density at radius 3 is 2.22 bits per heavy atom. The molecule has 23 heavy (non-hydrogen) atoms. The molecule has 0 aromatic carbocycles. The van der Waals surface area contributed by atoms with Gasteiger partial charge < -0.3 is 14.7 Å². The van der Waals surface area contributed by atoms with E-state index in [4.69, 9.17) is 0 Å². The van der Waals surface area contributed by atoms with Crippen molar-refractivity contribution in [1.82, 2.24) is 5.09 Å². The first-order chi connectivity index (χ1) is 9.79. The van der Waals surface area contributed by atoms with E-state index in [9.17, 15) is 28.1 Å². The van der Waals surface area contributed by atoms with Gasteiger partial charge in [0.05, 0.1) is 0 Å². The van der Waals surface area contributed by atoms with Gasteiger partial charge in [-0.2, -0.15) is 18.3 Å². The minimum Gasteiger partial charge on any atom is -0.640 e. The third-order valence-corrected chi connectivity index (χ3v) is 4.11. The maximum atomic E-state index is 12.9. The second-order valence-electron chi connectivity index (χ2n) is 5.76. The molecule has 2 atom stereocenters. The molecule has 0 aromatic heterocycles. The van der Waals surface area contributed by atoms with E-state index in [-0.39, 0.29) is 36.1 Å². The Labute approximate surface area is 157 Å². The van der Waals surface area contributed by atoms with Crippen LogP contribution in [0.1, 0.15) is 47.0 Å². The predicted molar refractivity (Wildman–Crippen MR) is 74.8 cm³/mol. The van der Waals surface area contributed by atoms with Crippen LogP contribution in [-0.2, 0) is 4.74 Å². The van der Waals surface area contributed by atoms with Gasteiger partial charge in [-0.05, 0) is 6.42 Å². The van der Waals surface area contributed by atoms with Crippen LogP contribution < -0.4 is 44.6 Å². The SMILES string of the molecule is CCCCCN[P+]([O-])(O)C(N=C([O-])OC(C)(C)C)C(F)(F)F.[Na+]. The minimum atomic E-state index is -5.14. The number of nitrogens with zero attached hydrogens (tertiary/aromatic N) is 1. The summed E-state index contributed by atoms with van der Waals surface area (Å²) in [6, 6.07) is 0. The molecular weight excluding hydrogens is 347 g/mol. The number of hydrogen-bond acceptors (Lipinski definition) is 6. The molecule has 2 N–H and O–H groups in total. The second kappa shape index (κ2) is 10.4. The summed E-state index contributed by atoms with van der Waals surface area (Å²) in [5.41, 5.74) is -1.05. The van der Waals surface area contributed by atoms with Crippen molar-refractivity contribution in [2.45, 2.75) is 64.5 Å². The number of aliphatic imine (C=N–C) groups is 1. The summed E-state index contributed by atoms with van der Waals surface area (Å²) < 4.78 is 43.4. The van der Waals surface area contributed by atoms with Crippen LogP contribution in [0.3, 0.4) is 0 Å². The van der Waals surface area contributed by atoms with Gasteiger partial charge in [0, 0.05) is 12.1 Å². The van der Waals surface area contributed by atoms with Crippen molar-refractivity contribution in [3.05, 3.63) is 0 Å². The first-order valence-corrected chi connectivity index (χ1v) is 8.60. The monoisotopic (exact) mass is 370 g/mol. The fourth-order valence-corrected chi connectivity index (χ4v) is 2.74. The van der Waals surface area contributed by atoms with Crippen molar-refractivity contribution in [2.75, 3.05) is 6.54 Å². The van der Waals surface area contributed by atoms with Crippen molar-refractivity contribution < 1.29 is 62.4 Å². The number of ether oxygens (including phenoxy) is 1. The molecule has 0 fully saturated rings. The molecule has 0 saturated carbocycles. The van der Waals surface area contributed by atoms with E-state index < -0.39 is 31.5 Å². The Kier molecular flexibility index (Phi) is 11.6. The maximum absolute atomic E-state index is 12.9. The average molecular weight is 370 g/mol. The molecule has 0 rings (SSSR count). The molecule has 0 aromatic rings.